The number of nitrogens with one attached hydrogen (secondary N) is 1. The molecule has 5 nitrogen and oxygen atoms in total. The molecule has 1 aromatic heterocycles. The van der Waals surface area contributed by atoms with Crippen LogP contribution in [-0.4, -0.2) is 28.6 Å². The van der Waals surface area contributed by atoms with E-state index in [1.165, 1.54) is 0 Å². The van der Waals surface area contributed by atoms with Gasteiger partial charge < -0.3 is 10.1 Å². The maximum absolute atomic E-state index is 12.3. The van der Waals surface area contributed by atoms with Gasteiger partial charge in [-0.1, -0.05) is 6.07 Å². The van der Waals surface area contributed by atoms with Crippen LogP contribution in [0.15, 0.2) is 71.9 Å². The monoisotopic (exact) mass is 353 g/mol. The summed E-state index contributed by atoms with van der Waals surface area (Å²) in [6, 6.07) is 16.8. The lowest BCUT2D eigenvalue weighted by Gasteiger charge is -2.09. The Hall–Kier alpha value is -2.73. The topological polar surface area (TPSA) is 56.1 Å². The van der Waals surface area contributed by atoms with Crippen LogP contribution in [0.25, 0.3) is 0 Å². The third kappa shape index (κ3) is 4.87. The van der Waals surface area contributed by atoms with Gasteiger partial charge in [-0.2, -0.15) is 5.10 Å². The molecule has 128 valence electrons. The first-order valence-corrected chi connectivity index (χ1v) is 9.13. The Labute approximate surface area is 151 Å². The number of ether oxygens (including phenoxy) is 1. The van der Waals surface area contributed by atoms with Crippen LogP contribution in [0.2, 0.25) is 0 Å². The van der Waals surface area contributed by atoms with Gasteiger partial charge in [0.25, 0.3) is 5.91 Å². The molecule has 0 spiro atoms. The van der Waals surface area contributed by atoms with Crippen molar-refractivity contribution in [3.05, 3.63) is 72.6 Å². The quantitative estimate of drug-likeness (QED) is 0.654. The third-order valence-electron chi connectivity index (χ3n) is 3.59. The van der Waals surface area contributed by atoms with Gasteiger partial charge in [-0.3, -0.25) is 9.48 Å². The molecule has 0 saturated heterocycles. The van der Waals surface area contributed by atoms with Crippen molar-refractivity contribution in [3.63, 3.8) is 0 Å². The van der Waals surface area contributed by atoms with E-state index in [1.807, 2.05) is 71.7 Å². The molecule has 0 aliphatic carbocycles. The van der Waals surface area contributed by atoms with Gasteiger partial charge >= 0.3 is 0 Å². The Balaban J connectivity index is 1.57. The van der Waals surface area contributed by atoms with Crippen LogP contribution < -0.4 is 10.1 Å². The zero-order valence-corrected chi connectivity index (χ0v) is 14.7. The lowest BCUT2D eigenvalue weighted by Crippen LogP contribution is -2.12. The normalized spacial score (nSPS) is 10.4. The van der Waals surface area contributed by atoms with Crippen molar-refractivity contribution in [2.75, 3.05) is 18.2 Å². The summed E-state index contributed by atoms with van der Waals surface area (Å²) < 4.78 is 7.53. The average molecular weight is 353 g/mol. The first-order valence-electron chi connectivity index (χ1n) is 7.90. The number of nitrogens with zero attached hydrogens (tertiary/aromatic N) is 2. The molecule has 2 aromatic carbocycles. The Kier molecular flexibility index (Phi) is 5.74. The highest BCUT2D eigenvalue weighted by Gasteiger charge is 2.07. The van der Waals surface area contributed by atoms with Crippen LogP contribution in [0.3, 0.4) is 0 Å². The number of thioether (sulfide) groups is 1. The lowest BCUT2D eigenvalue weighted by molar-refractivity contribution is 0.102. The summed E-state index contributed by atoms with van der Waals surface area (Å²) in [5, 5.41) is 7.03. The molecule has 6 heteroatoms. The average Bonchev–Trinajstić information content (AvgIpc) is 3.15. The number of hydrogen-bond acceptors (Lipinski definition) is 4. The van der Waals surface area contributed by atoms with E-state index >= 15 is 0 Å². The highest BCUT2D eigenvalue weighted by Crippen LogP contribution is 2.19. The number of carbonyl (C=O) groups excluding carboxylic acids is 1. The van der Waals surface area contributed by atoms with Gasteiger partial charge in [-0.15, -0.1) is 11.8 Å². The summed E-state index contributed by atoms with van der Waals surface area (Å²) >= 11 is 1.65. The molecule has 1 amide bonds. The zero-order valence-electron chi connectivity index (χ0n) is 13.9. The smallest absolute Gasteiger partial charge is 0.255 e. The highest BCUT2D eigenvalue weighted by molar-refractivity contribution is 7.98. The van der Waals surface area contributed by atoms with E-state index in [-0.39, 0.29) is 5.91 Å². The molecule has 0 radical (unpaired) electrons. The van der Waals surface area contributed by atoms with Gasteiger partial charge in [-0.25, -0.2) is 0 Å². The van der Waals surface area contributed by atoms with Gasteiger partial charge in [0.1, 0.15) is 12.4 Å². The molecular formula is C19H19N3O2S. The van der Waals surface area contributed by atoms with Crippen molar-refractivity contribution in [2.45, 2.75) is 11.4 Å². The second-order valence-electron chi connectivity index (χ2n) is 5.33. The van der Waals surface area contributed by atoms with E-state index in [4.69, 9.17) is 4.74 Å². The van der Waals surface area contributed by atoms with Crippen molar-refractivity contribution < 1.29 is 9.53 Å². The first-order chi connectivity index (χ1) is 12.2. The summed E-state index contributed by atoms with van der Waals surface area (Å²) in [5.74, 6) is 0.573. The molecule has 0 aliphatic rings. The molecule has 1 N–H and O–H groups in total. The van der Waals surface area contributed by atoms with Gasteiger partial charge in [0.15, 0.2) is 0 Å². The molecule has 3 aromatic rings. The second-order valence-corrected chi connectivity index (χ2v) is 6.21. The number of benzene rings is 2. The number of amides is 1. The van der Waals surface area contributed by atoms with Crippen LogP contribution in [0, 0.1) is 0 Å². The molecule has 3 rings (SSSR count). The number of hydrogen-bond donors (Lipinski definition) is 1. The number of rotatable bonds is 7. The SMILES string of the molecule is CSc1ccc(C(=O)Nc2cccc(OCCn3cccn3)c2)cc1. The zero-order chi connectivity index (χ0) is 17.5. The fourth-order valence-electron chi connectivity index (χ4n) is 2.30. The maximum Gasteiger partial charge on any atom is 0.255 e. The van der Waals surface area contributed by atoms with Gasteiger partial charge in [0, 0.05) is 34.6 Å². The molecule has 0 saturated carbocycles. The van der Waals surface area contributed by atoms with Gasteiger partial charge in [0.2, 0.25) is 0 Å². The standard InChI is InChI=1S/C19H19N3O2S/c1-25-18-8-6-15(7-9-18)19(23)21-16-4-2-5-17(14-16)24-13-12-22-11-3-10-20-22/h2-11,14H,12-13H2,1H3,(H,21,23). The third-order valence-corrected chi connectivity index (χ3v) is 4.34. The van der Waals surface area contributed by atoms with E-state index in [9.17, 15) is 4.79 Å². The predicted octanol–water partition coefficient (Wildman–Crippen LogP) is 3.94. The molecule has 1 heterocycles. The van der Waals surface area contributed by atoms with E-state index in [1.54, 1.807) is 18.0 Å². The van der Waals surface area contributed by atoms with Crippen LogP contribution in [0.5, 0.6) is 5.75 Å². The summed E-state index contributed by atoms with van der Waals surface area (Å²) in [4.78, 5) is 13.5. The molecule has 0 bridgehead atoms. The largest absolute Gasteiger partial charge is 0.492 e. The molecule has 25 heavy (non-hydrogen) atoms. The number of carbonyl (C=O) groups is 1. The van der Waals surface area contributed by atoms with Crippen molar-refractivity contribution in [1.82, 2.24) is 9.78 Å². The van der Waals surface area contributed by atoms with Gasteiger partial charge in [-0.05, 0) is 48.7 Å². The first kappa shape index (κ1) is 17.1. The predicted molar refractivity (Wildman–Crippen MR) is 100 cm³/mol. The highest BCUT2D eigenvalue weighted by atomic mass is 32.2. The fourth-order valence-corrected chi connectivity index (χ4v) is 2.71. The summed E-state index contributed by atoms with van der Waals surface area (Å²) in [6.07, 6.45) is 5.64. The van der Waals surface area contributed by atoms with Crippen molar-refractivity contribution in [1.29, 1.82) is 0 Å². The number of aromatic nitrogens is 2. The van der Waals surface area contributed by atoms with Crippen LogP contribution in [0.4, 0.5) is 5.69 Å². The molecule has 0 atom stereocenters. The molecular weight excluding hydrogens is 334 g/mol. The second kappa shape index (κ2) is 8.39. The lowest BCUT2D eigenvalue weighted by atomic mass is 10.2. The van der Waals surface area contributed by atoms with Crippen molar-refractivity contribution >= 4 is 23.4 Å². The Morgan fingerprint density at radius 1 is 1.20 bits per heavy atom. The van der Waals surface area contributed by atoms with Gasteiger partial charge in [0.05, 0.1) is 6.54 Å². The summed E-state index contributed by atoms with van der Waals surface area (Å²) in [7, 11) is 0. The number of anilines is 1. The van der Waals surface area contributed by atoms with Crippen LogP contribution in [0.1, 0.15) is 10.4 Å². The van der Waals surface area contributed by atoms with E-state index in [2.05, 4.69) is 10.4 Å². The van der Waals surface area contributed by atoms with E-state index in [0.29, 0.717) is 30.2 Å². The van der Waals surface area contributed by atoms with Crippen LogP contribution >= 0.6 is 11.8 Å². The minimum absolute atomic E-state index is 0.138. The summed E-state index contributed by atoms with van der Waals surface area (Å²) in [6.45, 7) is 1.18. The summed E-state index contributed by atoms with van der Waals surface area (Å²) in [5.41, 5.74) is 1.33. The molecule has 0 unspecified atom stereocenters. The van der Waals surface area contributed by atoms with Crippen molar-refractivity contribution in [3.8, 4) is 5.75 Å². The minimum Gasteiger partial charge on any atom is -0.492 e. The molecule has 0 fully saturated rings. The molecule has 0 aliphatic heterocycles. The minimum atomic E-state index is -0.138. The van der Waals surface area contributed by atoms with Crippen LogP contribution in [-0.2, 0) is 6.54 Å². The maximum atomic E-state index is 12.3. The van der Waals surface area contributed by atoms with E-state index in [0.717, 1.165) is 4.90 Å². The fraction of sp³-hybridized carbons (Fsp3) is 0.158. The van der Waals surface area contributed by atoms with E-state index < -0.39 is 0 Å². The van der Waals surface area contributed by atoms with Crippen molar-refractivity contribution in [2.24, 2.45) is 0 Å². The Morgan fingerprint density at radius 3 is 2.76 bits per heavy atom. The Bertz CT molecular complexity index is 817. The Morgan fingerprint density at radius 2 is 2.04 bits per heavy atom.